The van der Waals surface area contributed by atoms with E-state index in [4.69, 9.17) is 4.74 Å². The van der Waals surface area contributed by atoms with Gasteiger partial charge in [-0.3, -0.25) is 0 Å². The number of nitrogens with one attached hydrogen (secondary N) is 1. The Morgan fingerprint density at radius 2 is 1.86 bits per heavy atom. The van der Waals surface area contributed by atoms with E-state index in [0.29, 0.717) is 18.1 Å². The second-order valence-corrected chi connectivity index (χ2v) is 8.88. The monoisotopic (exact) mass is 391 g/mol. The molecule has 1 N–H and O–H groups in total. The molecule has 0 saturated heterocycles. The van der Waals surface area contributed by atoms with E-state index in [1.807, 2.05) is 31.2 Å². The summed E-state index contributed by atoms with van der Waals surface area (Å²) in [6, 6.07) is 12.2. The molecule has 0 fully saturated rings. The van der Waals surface area contributed by atoms with Crippen LogP contribution < -0.4 is 5.32 Å². The molecule has 3 heteroatoms. The topological polar surface area (TPSA) is 38.3 Å². The summed E-state index contributed by atoms with van der Waals surface area (Å²) in [5.74, 6) is 0.256. The zero-order valence-corrected chi connectivity index (χ0v) is 18.6. The Kier molecular flexibility index (Phi) is 6.16. The smallest absolute Gasteiger partial charge is 0.338 e. The third-order valence-corrected chi connectivity index (χ3v) is 5.85. The lowest BCUT2D eigenvalue weighted by molar-refractivity contribution is 0.0526. The van der Waals surface area contributed by atoms with Crippen LogP contribution in [-0.2, 0) is 16.7 Å². The Morgan fingerprint density at radius 1 is 1.17 bits per heavy atom. The number of hydrogen-bond acceptors (Lipinski definition) is 3. The number of fused-ring (bicyclic) bond motifs is 1. The third kappa shape index (κ3) is 4.55. The molecule has 3 nitrogen and oxygen atoms in total. The molecule has 0 bridgehead atoms. The first-order valence-electron chi connectivity index (χ1n) is 10.6. The SMILES string of the molecule is CCOC(=O)c1ccc(NCc2cc3c(cc2C)C(C(C)C)=CCC3(C)C)cc1. The van der Waals surface area contributed by atoms with Crippen LogP contribution in [-0.4, -0.2) is 12.6 Å². The fourth-order valence-corrected chi connectivity index (χ4v) is 4.01. The maximum absolute atomic E-state index is 11.8. The average molecular weight is 392 g/mol. The van der Waals surface area contributed by atoms with Gasteiger partial charge in [-0.15, -0.1) is 0 Å². The number of ether oxygens (including phenoxy) is 1. The molecule has 3 rings (SSSR count). The van der Waals surface area contributed by atoms with Gasteiger partial charge in [0.05, 0.1) is 12.2 Å². The van der Waals surface area contributed by atoms with Crippen molar-refractivity contribution in [2.24, 2.45) is 5.92 Å². The summed E-state index contributed by atoms with van der Waals surface area (Å²) in [6.45, 7) is 14.4. The summed E-state index contributed by atoms with van der Waals surface area (Å²) >= 11 is 0. The van der Waals surface area contributed by atoms with E-state index in [9.17, 15) is 4.79 Å². The van der Waals surface area contributed by atoms with E-state index >= 15 is 0 Å². The first-order chi connectivity index (χ1) is 13.7. The van der Waals surface area contributed by atoms with Crippen molar-refractivity contribution >= 4 is 17.2 Å². The molecule has 0 aromatic heterocycles. The van der Waals surface area contributed by atoms with Gasteiger partial charge in [-0.2, -0.15) is 0 Å². The van der Waals surface area contributed by atoms with E-state index < -0.39 is 0 Å². The highest BCUT2D eigenvalue weighted by Gasteiger charge is 2.29. The fraction of sp³-hybridized carbons (Fsp3) is 0.423. The second kappa shape index (κ2) is 8.44. The molecular formula is C26H33NO2. The minimum atomic E-state index is -0.277. The van der Waals surface area contributed by atoms with Gasteiger partial charge in [0, 0.05) is 12.2 Å². The molecule has 0 radical (unpaired) electrons. The van der Waals surface area contributed by atoms with Crippen LogP contribution in [0.25, 0.3) is 5.57 Å². The van der Waals surface area contributed by atoms with Crippen molar-refractivity contribution in [3.8, 4) is 0 Å². The van der Waals surface area contributed by atoms with Crippen LogP contribution in [0.5, 0.6) is 0 Å². The van der Waals surface area contributed by atoms with Gasteiger partial charge in [-0.05, 0) is 83.7 Å². The lowest BCUT2D eigenvalue weighted by Crippen LogP contribution is -2.23. The summed E-state index contributed by atoms with van der Waals surface area (Å²) in [5, 5.41) is 3.50. The molecule has 1 aliphatic rings. The van der Waals surface area contributed by atoms with E-state index in [2.05, 4.69) is 58.1 Å². The van der Waals surface area contributed by atoms with Crippen molar-refractivity contribution in [3.05, 3.63) is 70.3 Å². The van der Waals surface area contributed by atoms with Crippen LogP contribution >= 0.6 is 0 Å². The van der Waals surface area contributed by atoms with Crippen molar-refractivity contribution in [2.75, 3.05) is 11.9 Å². The number of allylic oxidation sites excluding steroid dienone is 2. The summed E-state index contributed by atoms with van der Waals surface area (Å²) in [7, 11) is 0. The first kappa shape index (κ1) is 21.2. The number of rotatable bonds is 6. The summed E-state index contributed by atoms with van der Waals surface area (Å²) in [4.78, 5) is 11.8. The van der Waals surface area contributed by atoms with Crippen molar-refractivity contribution < 1.29 is 9.53 Å². The van der Waals surface area contributed by atoms with E-state index in [1.165, 1.54) is 27.8 Å². The first-order valence-corrected chi connectivity index (χ1v) is 10.6. The van der Waals surface area contributed by atoms with Gasteiger partial charge >= 0.3 is 5.97 Å². The van der Waals surface area contributed by atoms with Crippen LogP contribution in [0, 0.1) is 12.8 Å². The highest BCUT2D eigenvalue weighted by atomic mass is 16.5. The quantitative estimate of drug-likeness (QED) is 0.571. The molecule has 0 unspecified atom stereocenters. The van der Waals surface area contributed by atoms with Crippen molar-refractivity contribution in [2.45, 2.75) is 59.9 Å². The van der Waals surface area contributed by atoms with Crippen LogP contribution in [0.1, 0.15) is 73.7 Å². The lowest BCUT2D eigenvalue weighted by atomic mass is 9.70. The third-order valence-electron chi connectivity index (χ3n) is 5.85. The molecule has 154 valence electrons. The van der Waals surface area contributed by atoms with Crippen LogP contribution in [0.2, 0.25) is 0 Å². The second-order valence-electron chi connectivity index (χ2n) is 8.88. The Hall–Kier alpha value is -2.55. The van der Waals surface area contributed by atoms with Crippen LogP contribution in [0.15, 0.2) is 42.5 Å². The largest absolute Gasteiger partial charge is 0.462 e. The predicted molar refractivity (Wildman–Crippen MR) is 121 cm³/mol. The number of anilines is 1. The molecule has 2 aromatic rings. The predicted octanol–water partition coefficient (Wildman–Crippen LogP) is 6.50. The van der Waals surface area contributed by atoms with Gasteiger partial charge in [-0.25, -0.2) is 4.79 Å². The van der Waals surface area contributed by atoms with Gasteiger partial charge in [0.25, 0.3) is 0 Å². The average Bonchev–Trinajstić information content (AvgIpc) is 2.67. The number of benzene rings is 2. The minimum absolute atomic E-state index is 0.150. The van der Waals surface area contributed by atoms with Crippen LogP contribution in [0.4, 0.5) is 5.69 Å². The van der Waals surface area contributed by atoms with E-state index in [-0.39, 0.29) is 11.4 Å². The van der Waals surface area contributed by atoms with Gasteiger partial charge in [0.15, 0.2) is 0 Å². The Morgan fingerprint density at radius 3 is 2.48 bits per heavy atom. The van der Waals surface area contributed by atoms with Crippen molar-refractivity contribution in [3.63, 3.8) is 0 Å². The van der Waals surface area contributed by atoms with Crippen molar-refractivity contribution in [1.29, 1.82) is 0 Å². The van der Waals surface area contributed by atoms with E-state index in [1.54, 1.807) is 0 Å². The summed E-state index contributed by atoms with van der Waals surface area (Å²) in [6.07, 6.45) is 3.51. The molecule has 29 heavy (non-hydrogen) atoms. The maximum Gasteiger partial charge on any atom is 0.338 e. The Labute approximate surface area is 175 Å². The normalized spacial score (nSPS) is 14.9. The summed E-state index contributed by atoms with van der Waals surface area (Å²) < 4.78 is 5.05. The standard InChI is InChI=1S/C26H33NO2/c1-7-29-25(28)19-8-10-21(11-9-19)27-16-20-15-24-23(14-18(20)4)22(17(2)3)12-13-26(24,5)6/h8-12,14-15,17,27H,7,13,16H2,1-6H3. The molecule has 0 atom stereocenters. The van der Waals surface area contributed by atoms with Crippen molar-refractivity contribution in [1.82, 2.24) is 0 Å². The number of hydrogen-bond donors (Lipinski definition) is 1. The highest BCUT2D eigenvalue weighted by molar-refractivity contribution is 5.89. The molecular weight excluding hydrogens is 358 g/mol. The minimum Gasteiger partial charge on any atom is -0.462 e. The maximum atomic E-state index is 11.8. The Bertz CT molecular complexity index is 920. The number of esters is 1. The highest BCUT2D eigenvalue weighted by Crippen LogP contribution is 2.42. The molecule has 0 heterocycles. The lowest BCUT2D eigenvalue weighted by Gasteiger charge is -2.34. The number of aryl methyl sites for hydroxylation is 1. The molecule has 0 amide bonds. The van der Waals surface area contributed by atoms with E-state index in [0.717, 1.165) is 18.7 Å². The van der Waals surface area contributed by atoms with Gasteiger partial charge in [0.2, 0.25) is 0 Å². The molecule has 0 aliphatic heterocycles. The number of carbonyl (C=O) groups excluding carboxylic acids is 1. The summed E-state index contributed by atoms with van der Waals surface area (Å²) in [5.41, 5.74) is 8.68. The zero-order valence-electron chi connectivity index (χ0n) is 18.6. The van der Waals surface area contributed by atoms with Gasteiger partial charge < -0.3 is 10.1 Å². The molecule has 2 aromatic carbocycles. The van der Waals surface area contributed by atoms with Crippen LogP contribution in [0.3, 0.4) is 0 Å². The Balaban J connectivity index is 1.81. The van der Waals surface area contributed by atoms with Gasteiger partial charge in [-0.1, -0.05) is 45.9 Å². The fourth-order valence-electron chi connectivity index (χ4n) is 4.01. The number of carbonyl (C=O) groups is 1. The molecule has 0 spiro atoms. The molecule has 0 saturated carbocycles. The van der Waals surface area contributed by atoms with Gasteiger partial charge in [0.1, 0.15) is 0 Å². The zero-order chi connectivity index (χ0) is 21.2. The molecule has 1 aliphatic carbocycles.